The third-order valence-electron chi connectivity index (χ3n) is 1.78. The van der Waals surface area contributed by atoms with Crippen LogP contribution in [0.3, 0.4) is 0 Å². The monoisotopic (exact) mass is 218 g/mol. The molecule has 0 amide bonds. The Morgan fingerprint density at radius 1 is 1.71 bits per heavy atom. The number of hydrogen-bond donors (Lipinski definition) is 3. The number of sulfonamides is 1. The van der Waals surface area contributed by atoms with Crippen molar-refractivity contribution >= 4 is 10.0 Å². The Morgan fingerprint density at radius 3 is 2.79 bits per heavy atom. The summed E-state index contributed by atoms with van der Waals surface area (Å²) in [6, 6.07) is -0.283. The Balaban J connectivity index is 2.92. The van der Waals surface area contributed by atoms with Gasteiger partial charge in [-0.25, -0.2) is 13.1 Å². The van der Waals surface area contributed by atoms with Gasteiger partial charge in [0.1, 0.15) is 4.90 Å². The first-order chi connectivity index (χ1) is 6.47. The quantitative estimate of drug-likeness (QED) is 0.624. The van der Waals surface area contributed by atoms with Crippen molar-refractivity contribution in [3.63, 3.8) is 0 Å². The van der Waals surface area contributed by atoms with Crippen LogP contribution in [0, 0.1) is 6.92 Å². The molecule has 0 aliphatic carbocycles. The average molecular weight is 218 g/mol. The average Bonchev–Trinajstić information content (AvgIpc) is 2.51. The van der Waals surface area contributed by atoms with E-state index in [9.17, 15) is 8.42 Å². The molecule has 1 atom stereocenters. The highest BCUT2D eigenvalue weighted by Gasteiger charge is 2.19. The van der Waals surface area contributed by atoms with Gasteiger partial charge in [0.2, 0.25) is 10.0 Å². The molecule has 6 nitrogen and oxygen atoms in total. The zero-order chi connectivity index (χ0) is 10.8. The van der Waals surface area contributed by atoms with E-state index in [0.29, 0.717) is 5.69 Å². The lowest BCUT2D eigenvalue weighted by atomic mass is 10.4. The second kappa shape index (κ2) is 4.07. The van der Waals surface area contributed by atoms with Crippen LogP contribution < -0.4 is 10.5 Å². The van der Waals surface area contributed by atoms with Crippen LogP contribution in [0.15, 0.2) is 11.1 Å². The van der Waals surface area contributed by atoms with Gasteiger partial charge in [-0.3, -0.25) is 5.10 Å². The Bertz CT molecular complexity index is 398. The molecule has 0 fully saturated rings. The predicted octanol–water partition coefficient (Wildman–Crippen LogP) is -0.656. The van der Waals surface area contributed by atoms with Gasteiger partial charge in [0.15, 0.2) is 0 Å². The Morgan fingerprint density at radius 2 is 2.36 bits per heavy atom. The van der Waals surface area contributed by atoms with Crippen molar-refractivity contribution in [2.75, 3.05) is 6.54 Å². The van der Waals surface area contributed by atoms with E-state index >= 15 is 0 Å². The lowest BCUT2D eigenvalue weighted by Crippen LogP contribution is -2.37. The van der Waals surface area contributed by atoms with E-state index in [-0.39, 0.29) is 17.5 Å². The van der Waals surface area contributed by atoms with Crippen LogP contribution >= 0.6 is 0 Å². The van der Waals surface area contributed by atoms with Gasteiger partial charge in [-0.1, -0.05) is 0 Å². The van der Waals surface area contributed by atoms with Gasteiger partial charge < -0.3 is 5.73 Å². The SMILES string of the molecule is Cc1[nH]ncc1S(=O)(=O)N[C@H](C)CN. The van der Waals surface area contributed by atoms with Crippen LogP contribution in [0.1, 0.15) is 12.6 Å². The van der Waals surface area contributed by atoms with Crippen molar-refractivity contribution in [2.45, 2.75) is 24.8 Å². The molecule has 1 rings (SSSR count). The second-order valence-electron chi connectivity index (χ2n) is 3.12. The molecule has 1 aromatic rings. The maximum absolute atomic E-state index is 11.7. The number of nitrogens with one attached hydrogen (secondary N) is 2. The number of rotatable bonds is 4. The Hall–Kier alpha value is -0.920. The van der Waals surface area contributed by atoms with Gasteiger partial charge in [-0.2, -0.15) is 5.10 Å². The van der Waals surface area contributed by atoms with Crippen molar-refractivity contribution in [3.05, 3.63) is 11.9 Å². The first-order valence-electron chi connectivity index (χ1n) is 4.19. The van der Waals surface area contributed by atoms with E-state index in [1.165, 1.54) is 6.20 Å². The summed E-state index contributed by atoms with van der Waals surface area (Å²) in [6.07, 6.45) is 1.28. The summed E-state index contributed by atoms with van der Waals surface area (Å²) >= 11 is 0. The van der Waals surface area contributed by atoms with Crippen molar-refractivity contribution in [1.29, 1.82) is 0 Å². The molecule has 7 heteroatoms. The Kier molecular flexibility index (Phi) is 3.25. The molecule has 1 heterocycles. The lowest BCUT2D eigenvalue weighted by molar-refractivity contribution is 0.562. The summed E-state index contributed by atoms with van der Waals surface area (Å²) in [5.41, 5.74) is 5.84. The fourth-order valence-electron chi connectivity index (χ4n) is 0.987. The smallest absolute Gasteiger partial charge is 0.244 e. The number of H-pyrrole nitrogens is 1. The number of nitrogens with zero attached hydrogens (tertiary/aromatic N) is 1. The number of hydrogen-bond acceptors (Lipinski definition) is 4. The van der Waals surface area contributed by atoms with Crippen LogP contribution in [-0.2, 0) is 10.0 Å². The number of aromatic amines is 1. The molecule has 0 bridgehead atoms. The first kappa shape index (κ1) is 11.2. The summed E-state index contributed by atoms with van der Waals surface area (Å²) in [6.45, 7) is 3.61. The summed E-state index contributed by atoms with van der Waals surface area (Å²) in [5, 5.41) is 6.21. The van der Waals surface area contributed by atoms with Gasteiger partial charge >= 0.3 is 0 Å². The third kappa shape index (κ3) is 2.31. The minimum Gasteiger partial charge on any atom is -0.329 e. The van der Waals surface area contributed by atoms with E-state index in [4.69, 9.17) is 5.73 Å². The molecule has 0 aromatic carbocycles. The molecule has 0 saturated heterocycles. The highest BCUT2D eigenvalue weighted by molar-refractivity contribution is 7.89. The molecule has 0 aliphatic heterocycles. The molecule has 4 N–H and O–H groups in total. The standard InChI is InChI=1S/C7H14N4O2S/c1-5(3-8)11-14(12,13)7-4-9-10-6(7)2/h4-5,11H,3,8H2,1-2H3,(H,9,10)/t5-/m1/s1. The topological polar surface area (TPSA) is 101 Å². The molecule has 80 valence electrons. The van der Waals surface area contributed by atoms with Gasteiger partial charge in [0, 0.05) is 12.6 Å². The minimum atomic E-state index is -3.48. The predicted molar refractivity (Wildman–Crippen MR) is 52.2 cm³/mol. The molecular weight excluding hydrogens is 204 g/mol. The van der Waals surface area contributed by atoms with Crippen LogP contribution in [0.5, 0.6) is 0 Å². The zero-order valence-corrected chi connectivity index (χ0v) is 8.93. The van der Waals surface area contributed by atoms with Gasteiger partial charge in [0.05, 0.1) is 11.9 Å². The van der Waals surface area contributed by atoms with Crippen molar-refractivity contribution in [1.82, 2.24) is 14.9 Å². The highest BCUT2D eigenvalue weighted by atomic mass is 32.2. The maximum Gasteiger partial charge on any atom is 0.244 e. The molecule has 14 heavy (non-hydrogen) atoms. The van der Waals surface area contributed by atoms with Crippen LogP contribution in [0.2, 0.25) is 0 Å². The van der Waals surface area contributed by atoms with E-state index in [1.807, 2.05) is 0 Å². The molecule has 0 unspecified atom stereocenters. The van der Waals surface area contributed by atoms with Crippen LogP contribution in [0.25, 0.3) is 0 Å². The molecule has 0 aliphatic rings. The van der Waals surface area contributed by atoms with Crippen LogP contribution in [-0.4, -0.2) is 31.2 Å². The largest absolute Gasteiger partial charge is 0.329 e. The van der Waals surface area contributed by atoms with Crippen molar-refractivity contribution < 1.29 is 8.42 Å². The van der Waals surface area contributed by atoms with Crippen molar-refractivity contribution in [3.8, 4) is 0 Å². The summed E-state index contributed by atoms with van der Waals surface area (Å²) in [5.74, 6) is 0. The second-order valence-corrected chi connectivity index (χ2v) is 4.80. The van der Waals surface area contributed by atoms with Gasteiger partial charge in [-0.15, -0.1) is 0 Å². The molecule has 0 saturated carbocycles. The number of aromatic nitrogens is 2. The summed E-state index contributed by atoms with van der Waals surface area (Å²) in [4.78, 5) is 0.165. The van der Waals surface area contributed by atoms with E-state index in [0.717, 1.165) is 0 Å². The molecular formula is C7H14N4O2S. The summed E-state index contributed by atoms with van der Waals surface area (Å²) in [7, 11) is -3.48. The normalized spacial score (nSPS) is 14.2. The highest BCUT2D eigenvalue weighted by Crippen LogP contribution is 2.10. The molecule has 0 radical (unpaired) electrons. The van der Waals surface area contributed by atoms with Gasteiger partial charge in [-0.05, 0) is 13.8 Å². The maximum atomic E-state index is 11.7. The van der Waals surface area contributed by atoms with Crippen molar-refractivity contribution in [2.24, 2.45) is 5.73 Å². The number of aryl methyl sites for hydroxylation is 1. The first-order valence-corrected chi connectivity index (χ1v) is 5.68. The fourth-order valence-corrected chi connectivity index (χ4v) is 2.38. The third-order valence-corrected chi connectivity index (χ3v) is 3.49. The Labute approximate surface area is 82.9 Å². The lowest BCUT2D eigenvalue weighted by Gasteiger charge is -2.10. The number of nitrogens with two attached hydrogens (primary N) is 1. The molecule has 1 aromatic heterocycles. The minimum absolute atomic E-state index is 0.165. The van der Waals surface area contributed by atoms with E-state index < -0.39 is 10.0 Å². The van der Waals surface area contributed by atoms with Crippen LogP contribution in [0.4, 0.5) is 0 Å². The fraction of sp³-hybridized carbons (Fsp3) is 0.571. The van der Waals surface area contributed by atoms with Gasteiger partial charge in [0.25, 0.3) is 0 Å². The summed E-state index contributed by atoms with van der Waals surface area (Å²) < 4.78 is 25.7. The van der Waals surface area contributed by atoms with E-state index in [1.54, 1.807) is 13.8 Å². The zero-order valence-electron chi connectivity index (χ0n) is 8.11. The van der Waals surface area contributed by atoms with E-state index in [2.05, 4.69) is 14.9 Å². The molecule has 0 spiro atoms.